The lowest BCUT2D eigenvalue weighted by Crippen LogP contribution is -2.62. The summed E-state index contributed by atoms with van der Waals surface area (Å²) < 4.78 is 28.7. The van der Waals surface area contributed by atoms with Crippen molar-refractivity contribution in [1.82, 2.24) is 15.4 Å². The van der Waals surface area contributed by atoms with Gasteiger partial charge in [-0.25, -0.2) is 8.42 Å². The fraction of sp³-hybridized carbons (Fsp3) is 0.522. The molecule has 1 aliphatic heterocycles. The number of aromatic nitrogens is 1. The van der Waals surface area contributed by atoms with Gasteiger partial charge in [0.2, 0.25) is 5.91 Å². The summed E-state index contributed by atoms with van der Waals surface area (Å²) in [5.41, 5.74) is 0.732. The second-order valence-corrected chi connectivity index (χ2v) is 11.3. The minimum Gasteiger partial charge on any atom is -0.355 e. The molecule has 0 bridgehead atoms. The fourth-order valence-electron chi connectivity index (χ4n) is 3.98. The van der Waals surface area contributed by atoms with E-state index in [1.807, 2.05) is 13.8 Å². The van der Waals surface area contributed by atoms with Crippen LogP contribution in [0.5, 0.6) is 0 Å². The van der Waals surface area contributed by atoms with E-state index in [1.165, 1.54) is 18.2 Å². The van der Waals surface area contributed by atoms with Crippen molar-refractivity contribution < 1.29 is 22.5 Å². The number of amides is 2. The molecule has 2 atom stereocenters. The first-order valence-corrected chi connectivity index (χ1v) is 12.7. The van der Waals surface area contributed by atoms with Gasteiger partial charge in [-0.05, 0) is 48.9 Å². The summed E-state index contributed by atoms with van der Waals surface area (Å²) in [5, 5.41) is 7.01. The number of sulfone groups is 1. The van der Waals surface area contributed by atoms with E-state index in [9.17, 15) is 18.0 Å². The van der Waals surface area contributed by atoms with Crippen LogP contribution in [-0.2, 0) is 14.6 Å². The van der Waals surface area contributed by atoms with Gasteiger partial charge >= 0.3 is 0 Å². The number of carbonyl (C=O) groups is 2. The van der Waals surface area contributed by atoms with E-state index in [0.717, 1.165) is 12.7 Å². The van der Waals surface area contributed by atoms with Gasteiger partial charge in [-0.1, -0.05) is 32.9 Å². The zero-order valence-electron chi connectivity index (χ0n) is 19.2. The van der Waals surface area contributed by atoms with Crippen molar-refractivity contribution >= 4 is 21.7 Å². The Labute approximate surface area is 189 Å². The van der Waals surface area contributed by atoms with Crippen LogP contribution in [0.3, 0.4) is 0 Å². The van der Waals surface area contributed by atoms with E-state index in [0.29, 0.717) is 30.2 Å². The van der Waals surface area contributed by atoms with Crippen molar-refractivity contribution in [3.63, 3.8) is 0 Å². The Bertz CT molecular complexity index is 1070. The maximum absolute atomic E-state index is 13.3. The number of rotatable bonds is 7. The van der Waals surface area contributed by atoms with E-state index in [-0.39, 0.29) is 34.4 Å². The monoisotopic (exact) mass is 461 g/mol. The van der Waals surface area contributed by atoms with Crippen LogP contribution in [0, 0.1) is 11.8 Å². The second kappa shape index (κ2) is 9.44. The van der Waals surface area contributed by atoms with Gasteiger partial charge < -0.3 is 14.7 Å². The molecule has 1 aromatic carbocycles. The molecule has 8 nitrogen and oxygen atoms in total. The highest BCUT2D eigenvalue weighted by atomic mass is 32.2. The number of nitrogens with one attached hydrogen (secondary N) is 1. The van der Waals surface area contributed by atoms with Gasteiger partial charge in [0.25, 0.3) is 5.91 Å². The third kappa shape index (κ3) is 5.56. The molecule has 3 rings (SSSR count). The third-order valence-electron chi connectivity index (χ3n) is 5.45. The van der Waals surface area contributed by atoms with Gasteiger partial charge in [-0.3, -0.25) is 9.59 Å². The summed E-state index contributed by atoms with van der Waals surface area (Å²) in [6.45, 7) is 8.62. The van der Waals surface area contributed by atoms with Crippen molar-refractivity contribution in [2.24, 2.45) is 11.8 Å². The van der Waals surface area contributed by atoms with Crippen LogP contribution >= 0.6 is 0 Å². The molecular formula is C23H31N3O5S. The number of piperazine rings is 1. The molecule has 0 radical (unpaired) electrons. The van der Waals surface area contributed by atoms with E-state index >= 15 is 0 Å². The fourth-order valence-corrected chi connectivity index (χ4v) is 4.61. The summed E-state index contributed by atoms with van der Waals surface area (Å²) in [4.78, 5) is 28.0. The van der Waals surface area contributed by atoms with Crippen molar-refractivity contribution in [1.29, 1.82) is 0 Å². The molecule has 0 spiro atoms. The number of benzene rings is 1. The van der Waals surface area contributed by atoms with Gasteiger partial charge in [0.05, 0.1) is 4.90 Å². The van der Waals surface area contributed by atoms with Crippen LogP contribution in [0.25, 0.3) is 11.3 Å². The Morgan fingerprint density at radius 2 is 1.78 bits per heavy atom. The predicted octanol–water partition coefficient (Wildman–Crippen LogP) is 3.15. The lowest BCUT2D eigenvalue weighted by molar-refractivity contribution is -0.130. The molecular weight excluding hydrogens is 430 g/mol. The van der Waals surface area contributed by atoms with Crippen LogP contribution in [-0.4, -0.2) is 55.2 Å². The van der Waals surface area contributed by atoms with E-state index in [4.69, 9.17) is 4.52 Å². The van der Waals surface area contributed by atoms with Crippen molar-refractivity contribution in [2.75, 3.05) is 12.8 Å². The Morgan fingerprint density at radius 1 is 1.16 bits per heavy atom. The zero-order chi connectivity index (χ0) is 23.6. The lowest BCUT2D eigenvalue weighted by atomic mass is 9.94. The lowest BCUT2D eigenvalue weighted by Gasteiger charge is -2.40. The smallest absolute Gasteiger partial charge is 0.276 e. The molecule has 9 heteroatoms. The summed E-state index contributed by atoms with van der Waals surface area (Å²) in [7, 11) is -3.30. The molecule has 1 saturated heterocycles. The molecule has 2 aromatic rings. The number of hydrogen-bond acceptors (Lipinski definition) is 6. The quantitative estimate of drug-likeness (QED) is 0.678. The van der Waals surface area contributed by atoms with Gasteiger partial charge in [0.15, 0.2) is 21.3 Å². The van der Waals surface area contributed by atoms with Crippen LogP contribution in [0.1, 0.15) is 51.0 Å². The highest BCUT2D eigenvalue weighted by Crippen LogP contribution is 2.25. The van der Waals surface area contributed by atoms with E-state index in [1.54, 1.807) is 17.0 Å². The normalized spacial score (nSPS) is 19.5. The van der Waals surface area contributed by atoms with Crippen LogP contribution in [0.15, 0.2) is 39.8 Å². The van der Waals surface area contributed by atoms with E-state index in [2.05, 4.69) is 24.3 Å². The molecule has 1 N–H and O–H groups in total. The summed E-state index contributed by atoms with van der Waals surface area (Å²) >= 11 is 0. The Kier molecular flexibility index (Phi) is 7.07. The molecule has 2 amide bonds. The molecule has 1 aromatic heterocycles. The summed E-state index contributed by atoms with van der Waals surface area (Å²) in [6, 6.07) is 7.07. The average molecular weight is 462 g/mol. The first kappa shape index (κ1) is 24.0. The Hall–Kier alpha value is -2.68. The first-order valence-electron chi connectivity index (χ1n) is 10.8. The molecule has 174 valence electrons. The number of carbonyl (C=O) groups excluding carboxylic acids is 2. The van der Waals surface area contributed by atoms with Crippen molar-refractivity contribution in [3.05, 3.63) is 36.0 Å². The maximum atomic E-state index is 13.3. The van der Waals surface area contributed by atoms with Crippen LogP contribution in [0.4, 0.5) is 0 Å². The van der Waals surface area contributed by atoms with Gasteiger partial charge in [0, 0.05) is 30.5 Å². The summed E-state index contributed by atoms with van der Waals surface area (Å²) in [5.74, 6) is 0.497. The average Bonchev–Trinajstić information content (AvgIpc) is 3.18. The molecule has 0 saturated carbocycles. The Morgan fingerprint density at radius 3 is 2.34 bits per heavy atom. The van der Waals surface area contributed by atoms with Gasteiger partial charge in [-0.15, -0.1) is 0 Å². The van der Waals surface area contributed by atoms with Crippen molar-refractivity contribution in [2.45, 2.75) is 57.5 Å². The standard InChI is InChI=1S/C23H31N3O5S/c1-14(2)10-17-13-26(20(11-15(3)4)22(27)24-17)23(28)19-12-21(31-25-19)16-6-8-18(9-7-16)32(5,29)30/h6-9,12,14-15,17,20H,10-11,13H2,1-5H3,(H,24,27)/t17-,20-/m0/s1. The topological polar surface area (TPSA) is 110 Å². The maximum Gasteiger partial charge on any atom is 0.276 e. The minimum atomic E-state index is -3.30. The molecule has 1 aliphatic rings. The largest absolute Gasteiger partial charge is 0.355 e. The molecule has 32 heavy (non-hydrogen) atoms. The predicted molar refractivity (Wildman–Crippen MR) is 121 cm³/mol. The molecule has 0 unspecified atom stereocenters. The highest BCUT2D eigenvalue weighted by molar-refractivity contribution is 7.90. The zero-order valence-corrected chi connectivity index (χ0v) is 20.0. The Balaban J connectivity index is 1.85. The van der Waals surface area contributed by atoms with Gasteiger partial charge in [-0.2, -0.15) is 0 Å². The molecule has 2 heterocycles. The second-order valence-electron chi connectivity index (χ2n) is 9.31. The molecule has 1 fully saturated rings. The van der Waals surface area contributed by atoms with Crippen LogP contribution in [0.2, 0.25) is 0 Å². The van der Waals surface area contributed by atoms with Crippen molar-refractivity contribution in [3.8, 4) is 11.3 Å². The van der Waals surface area contributed by atoms with Gasteiger partial charge in [0.1, 0.15) is 6.04 Å². The minimum absolute atomic E-state index is 0.107. The third-order valence-corrected chi connectivity index (χ3v) is 6.58. The number of nitrogens with zero attached hydrogens (tertiary/aromatic N) is 2. The van der Waals surface area contributed by atoms with E-state index < -0.39 is 15.9 Å². The van der Waals surface area contributed by atoms with Crippen LogP contribution < -0.4 is 5.32 Å². The number of hydrogen-bond donors (Lipinski definition) is 1. The summed E-state index contributed by atoms with van der Waals surface area (Å²) in [6.07, 6.45) is 2.48. The first-order chi connectivity index (χ1) is 15.0. The highest BCUT2D eigenvalue weighted by Gasteiger charge is 2.39. The SMILES string of the molecule is CC(C)C[C@H]1CN(C(=O)c2cc(-c3ccc(S(C)(=O)=O)cc3)on2)[C@@H](CC(C)C)C(=O)N1. The molecule has 0 aliphatic carbocycles.